The minimum absolute atomic E-state index is 0.0229. The van der Waals surface area contributed by atoms with Gasteiger partial charge in [0, 0.05) is 6.42 Å². The third kappa shape index (κ3) is 2.74. The van der Waals surface area contributed by atoms with E-state index < -0.39 is 0 Å². The van der Waals surface area contributed by atoms with Gasteiger partial charge in [0.2, 0.25) is 0 Å². The van der Waals surface area contributed by atoms with Crippen LogP contribution >= 0.6 is 11.6 Å². The standard InChI is InChI=1S/C12H13ClN2O/c1-7(3-8(2)16)10-5-11(13)12(15)4-9(10)6-14/h4-5,7H,3,15H2,1-2H3. The molecular weight excluding hydrogens is 224 g/mol. The lowest BCUT2D eigenvalue weighted by Gasteiger charge is -2.13. The summed E-state index contributed by atoms with van der Waals surface area (Å²) < 4.78 is 0. The molecule has 4 heteroatoms. The van der Waals surface area contributed by atoms with Crippen molar-refractivity contribution < 1.29 is 4.79 Å². The first-order valence-electron chi connectivity index (χ1n) is 4.94. The number of anilines is 1. The summed E-state index contributed by atoms with van der Waals surface area (Å²) in [5, 5.41) is 9.40. The number of halogens is 1. The molecule has 0 saturated carbocycles. The van der Waals surface area contributed by atoms with Gasteiger partial charge in [-0.1, -0.05) is 18.5 Å². The molecule has 84 valence electrons. The summed E-state index contributed by atoms with van der Waals surface area (Å²) in [6, 6.07) is 5.29. The number of nitrogens with two attached hydrogens (primary N) is 1. The normalized spacial score (nSPS) is 11.9. The van der Waals surface area contributed by atoms with E-state index in [-0.39, 0.29) is 11.7 Å². The van der Waals surface area contributed by atoms with Crippen LogP contribution in [0.3, 0.4) is 0 Å². The lowest BCUT2D eigenvalue weighted by atomic mass is 9.92. The number of nitriles is 1. The second-order valence-corrected chi connectivity index (χ2v) is 4.29. The number of carbonyl (C=O) groups is 1. The minimum Gasteiger partial charge on any atom is -0.397 e. The highest BCUT2D eigenvalue weighted by Crippen LogP contribution is 2.29. The van der Waals surface area contributed by atoms with Gasteiger partial charge >= 0.3 is 0 Å². The van der Waals surface area contributed by atoms with Gasteiger partial charge in [0.05, 0.1) is 22.3 Å². The van der Waals surface area contributed by atoms with E-state index in [2.05, 4.69) is 6.07 Å². The molecule has 0 aromatic heterocycles. The molecular formula is C12H13ClN2O. The third-order valence-electron chi connectivity index (χ3n) is 2.41. The van der Waals surface area contributed by atoms with Crippen LogP contribution in [0.15, 0.2) is 12.1 Å². The Balaban J connectivity index is 3.17. The predicted octanol–water partition coefficient (Wildman–Crippen LogP) is 2.88. The zero-order valence-electron chi connectivity index (χ0n) is 9.25. The van der Waals surface area contributed by atoms with E-state index in [4.69, 9.17) is 22.6 Å². The number of hydrogen-bond donors (Lipinski definition) is 1. The summed E-state index contributed by atoms with van der Waals surface area (Å²) in [4.78, 5) is 11.0. The predicted molar refractivity (Wildman–Crippen MR) is 64.3 cm³/mol. The number of rotatable bonds is 3. The summed E-state index contributed by atoms with van der Waals surface area (Å²) in [5.41, 5.74) is 7.26. The molecule has 0 heterocycles. The first-order valence-corrected chi connectivity index (χ1v) is 5.32. The molecule has 0 aliphatic rings. The van der Waals surface area contributed by atoms with Crippen LogP contribution in [0.5, 0.6) is 0 Å². The molecule has 0 aliphatic heterocycles. The van der Waals surface area contributed by atoms with E-state index in [9.17, 15) is 4.79 Å². The maximum absolute atomic E-state index is 11.0. The van der Waals surface area contributed by atoms with Gasteiger partial charge in [0.25, 0.3) is 0 Å². The smallest absolute Gasteiger partial charge is 0.130 e. The molecule has 1 atom stereocenters. The monoisotopic (exact) mass is 236 g/mol. The first-order chi connectivity index (χ1) is 7.45. The summed E-state index contributed by atoms with van der Waals surface area (Å²) in [5.74, 6) is 0.0644. The van der Waals surface area contributed by atoms with Gasteiger partial charge in [0.15, 0.2) is 0 Å². The van der Waals surface area contributed by atoms with Gasteiger partial charge in [-0.15, -0.1) is 0 Å². The molecule has 0 saturated heterocycles. The van der Waals surface area contributed by atoms with Crippen LogP contribution < -0.4 is 5.73 Å². The molecule has 0 bridgehead atoms. The van der Waals surface area contributed by atoms with E-state index in [0.717, 1.165) is 5.56 Å². The SMILES string of the molecule is CC(=O)CC(C)c1cc(Cl)c(N)cc1C#N. The van der Waals surface area contributed by atoms with Crippen molar-refractivity contribution in [1.82, 2.24) is 0 Å². The van der Waals surface area contributed by atoms with Crippen molar-refractivity contribution in [1.29, 1.82) is 5.26 Å². The Hall–Kier alpha value is -1.53. The van der Waals surface area contributed by atoms with E-state index in [1.165, 1.54) is 6.92 Å². The minimum atomic E-state index is -0.0229. The summed E-state index contributed by atoms with van der Waals surface area (Å²) in [6.07, 6.45) is 0.398. The van der Waals surface area contributed by atoms with Crippen molar-refractivity contribution in [2.24, 2.45) is 0 Å². The van der Waals surface area contributed by atoms with Crippen LogP contribution in [0, 0.1) is 11.3 Å². The van der Waals surface area contributed by atoms with E-state index >= 15 is 0 Å². The maximum atomic E-state index is 11.0. The van der Waals surface area contributed by atoms with Crippen molar-refractivity contribution in [3.05, 3.63) is 28.3 Å². The second kappa shape index (κ2) is 5.00. The zero-order chi connectivity index (χ0) is 12.3. The number of benzene rings is 1. The van der Waals surface area contributed by atoms with E-state index in [1.807, 2.05) is 6.92 Å². The highest BCUT2D eigenvalue weighted by Gasteiger charge is 2.14. The molecule has 3 nitrogen and oxygen atoms in total. The Kier molecular flexibility index (Phi) is 3.92. The van der Waals surface area contributed by atoms with Gasteiger partial charge in [-0.3, -0.25) is 0 Å². The lowest BCUT2D eigenvalue weighted by Crippen LogP contribution is -2.03. The maximum Gasteiger partial charge on any atom is 0.130 e. The Bertz CT molecular complexity index is 463. The van der Waals surface area contributed by atoms with Crippen molar-refractivity contribution in [2.45, 2.75) is 26.2 Å². The van der Waals surface area contributed by atoms with Gasteiger partial charge in [-0.05, 0) is 30.5 Å². The Labute approximate surface area is 99.8 Å². The molecule has 1 aromatic rings. The Morgan fingerprint density at radius 3 is 2.75 bits per heavy atom. The van der Waals surface area contributed by atoms with E-state index in [0.29, 0.717) is 22.7 Å². The molecule has 0 spiro atoms. The fraction of sp³-hybridized carbons (Fsp3) is 0.333. The van der Waals surface area contributed by atoms with Gasteiger partial charge in [0.1, 0.15) is 5.78 Å². The number of carbonyl (C=O) groups excluding carboxylic acids is 1. The van der Waals surface area contributed by atoms with Crippen molar-refractivity contribution >= 4 is 23.1 Å². The summed E-state index contributed by atoms with van der Waals surface area (Å²) in [6.45, 7) is 3.42. The van der Waals surface area contributed by atoms with Crippen LogP contribution in [0.1, 0.15) is 37.3 Å². The molecule has 0 fully saturated rings. The third-order valence-corrected chi connectivity index (χ3v) is 2.74. The Morgan fingerprint density at radius 1 is 1.62 bits per heavy atom. The topological polar surface area (TPSA) is 66.9 Å². The molecule has 0 amide bonds. The van der Waals surface area contributed by atoms with Crippen molar-refractivity contribution in [3.63, 3.8) is 0 Å². The zero-order valence-corrected chi connectivity index (χ0v) is 10.0. The van der Waals surface area contributed by atoms with Gasteiger partial charge in [-0.2, -0.15) is 5.26 Å². The summed E-state index contributed by atoms with van der Waals surface area (Å²) in [7, 11) is 0. The summed E-state index contributed by atoms with van der Waals surface area (Å²) >= 11 is 5.90. The van der Waals surface area contributed by atoms with Crippen LogP contribution in [-0.2, 0) is 4.79 Å². The molecule has 0 radical (unpaired) electrons. The molecule has 1 rings (SSSR count). The van der Waals surface area contributed by atoms with Crippen LogP contribution in [-0.4, -0.2) is 5.78 Å². The molecule has 16 heavy (non-hydrogen) atoms. The quantitative estimate of drug-likeness (QED) is 0.821. The van der Waals surface area contributed by atoms with Crippen LogP contribution in [0.4, 0.5) is 5.69 Å². The van der Waals surface area contributed by atoms with Gasteiger partial charge in [-0.25, -0.2) is 0 Å². The fourth-order valence-corrected chi connectivity index (χ4v) is 1.82. The van der Waals surface area contributed by atoms with Crippen molar-refractivity contribution in [3.8, 4) is 6.07 Å². The highest BCUT2D eigenvalue weighted by molar-refractivity contribution is 6.33. The van der Waals surface area contributed by atoms with Crippen LogP contribution in [0.2, 0.25) is 5.02 Å². The van der Waals surface area contributed by atoms with Crippen molar-refractivity contribution in [2.75, 3.05) is 5.73 Å². The van der Waals surface area contributed by atoms with Gasteiger partial charge < -0.3 is 10.5 Å². The molecule has 1 aromatic carbocycles. The van der Waals surface area contributed by atoms with E-state index in [1.54, 1.807) is 12.1 Å². The Morgan fingerprint density at radius 2 is 2.25 bits per heavy atom. The average Bonchev–Trinajstić information content (AvgIpc) is 2.20. The average molecular weight is 237 g/mol. The molecule has 1 unspecified atom stereocenters. The number of nitrogen functional groups attached to an aromatic ring is 1. The highest BCUT2D eigenvalue weighted by atomic mass is 35.5. The lowest BCUT2D eigenvalue weighted by molar-refractivity contribution is -0.117. The largest absolute Gasteiger partial charge is 0.397 e. The molecule has 0 aliphatic carbocycles. The number of ketones is 1. The molecule has 2 N–H and O–H groups in total. The number of Topliss-reactive ketones (excluding diaryl/α,β-unsaturated/α-hetero) is 1. The first kappa shape index (κ1) is 12.5. The number of hydrogen-bond acceptors (Lipinski definition) is 3. The van der Waals surface area contributed by atoms with Crippen LogP contribution in [0.25, 0.3) is 0 Å². The second-order valence-electron chi connectivity index (χ2n) is 3.88. The fourth-order valence-electron chi connectivity index (χ4n) is 1.65. The number of nitrogens with zero attached hydrogens (tertiary/aromatic N) is 1.